The molecular weight excluding hydrogens is 407 g/mol. The maximum absolute atomic E-state index is 12.9. The van der Waals surface area contributed by atoms with Crippen molar-refractivity contribution in [1.29, 1.82) is 0 Å². The van der Waals surface area contributed by atoms with Gasteiger partial charge >= 0.3 is 6.18 Å². The van der Waals surface area contributed by atoms with E-state index in [0.717, 1.165) is 37.2 Å². The lowest BCUT2D eigenvalue weighted by atomic mass is 9.85. The van der Waals surface area contributed by atoms with E-state index in [2.05, 4.69) is 9.97 Å². The standard InChI is InChI=1S/C23H20F3N3O2/c1-15(30)29(21-12-13-27-22(28-21)16-4-2-5-16)18-8-10-19(11-9-18)31-20-7-3-6-17(14-20)23(24,25)26/h3,6-14,16H,2,4-5H2,1H3. The largest absolute Gasteiger partial charge is 0.457 e. The van der Waals surface area contributed by atoms with Crippen LogP contribution in [-0.2, 0) is 11.0 Å². The molecule has 0 unspecified atom stereocenters. The van der Waals surface area contributed by atoms with E-state index < -0.39 is 11.7 Å². The first kappa shape index (κ1) is 20.8. The van der Waals surface area contributed by atoms with Gasteiger partial charge in [0.1, 0.15) is 23.1 Å². The molecule has 1 amide bonds. The first-order valence-corrected chi connectivity index (χ1v) is 9.90. The summed E-state index contributed by atoms with van der Waals surface area (Å²) in [6.45, 7) is 1.44. The number of anilines is 2. The Morgan fingerprint density at radius 2 is 1.81 bits per heavy atom. The van der Waals surface area contributed by atoms with Crippen LogP contribution in [0.4, 0.5) is 24.7 Å². The van der Waals surface area contributed by atoms with Crippen molar-refractivity contribution in [3.63, 3.8) is 0 Å². The number of aromatic nitrogens is 2. The number of hydrogen-bond acceptors (Lipinski definition) is 4. The van der Waals surface area contributed by atoms with Crippen molar-refractivity contribution in [3.05, 3.63) is 72.2 Å². The van der Waals surface area contributed by atoms with Crippen LogP contribution >= 0.6 is 0 Å². The van der Waals surface area contributed by atoms with Crippen molar-refractivity contribution in [2.75, 3.05) is 4.90 Å². The molecule has 2 aromatic carbocycles. The molecular formula is C23H20F3N3O2. The quantitative estimate of drug-likeness (QED) is 0.484. The number of rotatable bonds is 5. The lowest BCUT2D eigenvalue weighted by Gasteiger charge is -2.26. The molecule has 1 aliphatic carbocycles. The highest BCUT2D eigenvalue weighted by atomic mass is 19.4. The van der Waals surface area contributed by atoms with Crippen LogP contribution < -0.4 is 9.64 Å². The molecule has 3 aromatic rings. The minimum absolute atomic E-state index is 0.0759. The Morgan fingerprint density at radius 1 is 1.06 bits per heavy atom. The maximum atomic E-state index is 12.9. The van der Waals surface area contributed by atoms with Crippen molar-refractivity contribution in [2.24, 2.45) is 0 Å². The van der Waals surface area contributed by atoms with E-state index in [1.165, 1.54) is 24.0 Å². The average molecular weight is 427 g/mol. The molecule has 0 N–H and O–H groups in total. The van der Waals surface area contributed by atoms with Gasteiger partial charge in [-0.25, -0.2) is 9.97 Å². The van der Waals surface area contributed by atoms with Crippen molar-refractivity contribution in [2.45, 2.75) is 38.3 Å². The highest BCUT2D eigenvalue weighted by Crippen LogP contribution is 2.36. The van der Waals surface area contributed by atoms with Crippen molar-refractivity contribution >= 4 is 17.4 Å². The third-order valence-corrected chi connectivity index (χ3v) is 5.17. The minimum Gasteiger partial charge on any atom is -0.457 e. The number of carbonyl (C=O) groups is 1. The second kappa shape index (κ2) is 8.37. The lowest BCUT2D eigenvalue weighted by molar-refractivity contribution is -0.137. The zero-order valence-corrected chi connectivity index (χ0v) is 16.8. The first-order valence-electron chi connectivity index (χ1n) is 9.90. The van der Waals surface area contributed by atoms with Crippen LogP contribution in [0.1, 0.15) is 43.5 Å². The van der Waals surface area contributed by atoms with Crippen LogP contribution in [-0.4, -0.2) is 15.9 Å². The highest BCUT2D eigenvalue weighted by Gasteiger charge is 2.30. The van der Waals surface area contributed by atoms with E-state index in [1.54, 1.807) is 36.5 Å². The predicted octanol–water partition coefficient (Wildman–Crippen LogP) is 6.24. The Bertz CT molecular complexity index is 1080. The van der Waals surface area contributed by atoms with E-state index in [0.29, 0.717) is 23.2 Å². The van der Waals surface area contributed by atoms with Gasteiger partial charge < -0.3 is 4.74 Å². The van der Waals surface area contributed by atoms with Crippen molar-refractivity contribution in [1.82, 2.24) is 9.97 Å². The number of halogens is 3. The molecule has 0 atom stereocenters. The Hall–Kier alpha value is -3.42. The van der Waals surface area contributed by atoms with Gasteiger partial charge in [0, 0.05) is 19.0 Å². The number of hydrogen-bond donors (Lipinski definition) is 0. The minimum atomic E-state index is -4.44. The van der Waals surface area contributed by atoms with Crippen LogP contribution in [0.15, 0.2) is 60.8 Å². The molecule has 4 rings (SSSR count). The Morgan fingerprint density at radius 3 is 2.42 bits per heavy atom. The molecule has 160 valence electrons. The molecule has 0 spiro atoms. The van der Waals surface area contributed by atoms with Gasteiger partial charge in [-0.05, 0) is 61.4 Å². The topological polar surface area (TPSA) is 55.3 Å². The van der Waals surface area contributed by atoms with Gasteiger partial charge in [-0.15, -0.1) is 0 Å². The van der Waals surface area contributed by atoms with E-state index in [4.69, 9.17) is 4.74 Å². The Labute approximate surface area is 177 Å². The number of amides is 1. The zero-order chi connectivity index (χ0) is 22.0. The summed E-state index contributed by atoms with van der Waals surface area (Å²) in [6, 6.07) is 12.9. The molecule has 1 fully saturated rings. The number of ether oxygens (including phenoxy) is 1. The van der Waals surface area contributed by atoms with Crippen LogP contribution in [0, 0.1) is 0 Å². The van der Waals surface area contributed by atoms with Crippen molar-refractivity contribution < 1.29 is 22.7 Å². The molecule has 0 saturated heterocycles. The molecule has 1 heterocycles. The van der Waals surface area contributed by atoms with Gasteiger partial charge in [-0.2, -0.15) is 13.2 Å². The fourth-order valence-electron chi connectivity index (χ4n) is 3.36. The fourth-order valence-corrected chi connectivity index (χ4v) is 3.36. The molecule has 0 aliphatic heterocycles. The number of alkyl halides is 3. The molecule has 1 saturated carbocycles. The number of carbonyl (C=O) groups excluding carboxylic acids is 1. The monoisotopic (exact) mass is 427 g/mol. The molecule has 0 radical (unpaired) electrons. The van der Waals surface area contributed by atoms with Gasteiger partial charge in [0.05, 0.1) is 11.3 Å². The summed E-state index contributed by atoms with van der Waals surface area (Å²) < 4.78 is 44.2. The summed E-state index contributed by atoms with van der Waals surface area (Å²) in [4.78, 5) is 22.7. The number of benzene rings is 2. The molecule has 5 nitrogen and oxygen atoms in total. The van der Waals surface area contributed by atoms with Gasteiger partial charge in [0.25, 0.3) is 0 Å². The second-order valence-electron chi connectivity index (χ2n) is 7.38. The van der Waals surface area contributed by atoms with E-state index in [-0.39, 0.29) is 11.7 Å². The summed E-state index contributed by atoms with van der Waals surface area (Å²) in [5.74, 6) is 1.76. The third-order valence-electron chi connectivity index (χ3n) is 5.17. The Kier molecular flexibility index (Phi) is 5.63. The van der Waals surface area contributed by atoms with E-state index in [9.17, 15) is 18.0 Å². The number of nitrogens with zero attached hydrogens (tertiary/aromatic N) is 3. The van der Waals surface area contributed by atoms with Crippen LogP contribution in [0.3, 0.4) is 0 Å². The van der Waals surface area contributed by atoms with E-state index in [1.807, 2.05) is 0 Å². The normalized spacial score (nSPS) is 14.1. The van der Waals surface area contributed by atoms with Crippen LogP contribution in [0.25, 0.3) is 0 Å². The summed E-state index contributed by atoms with van der Waals surface area (Å²) in [6.07, 6.45) is 0.455. The highest BCUT2D eigenvalue weighted by molar-refractivity contribution is 5.98. The lowest BCUT2D eigenvalue weighted by Crippen LogP contribution is -2.25. The maximum Gasteiger partial charge on any atom is 0.416 e. The first-order chi connectivity index (χ1) is 14.8. The molecule has 1 aliphatic rings. The molecule has 0 bridgehead atoms. The van der Waals surface area contributed by atoms with E-state index >= 15 is 0 Å². The van der Waals surface area contributed by atoms with Gasteiger partial charge in [-0.3, -0.25) is 9.69 Å². The van der Waals surface area contributed by atoms with Crippen LogP contribution in [0.5, 0.6) is 11.5 Å². The summed E-state index contributed by atoms with van der Waals surface area (Å²) >= 11 is 0. The summed E-state index contributed by atoms with van der Waals surface area (Å²) in [5, 5.41) is 0. The van der Waals surface area contributed by atoms with Gasteiger partial charge in [0.2, 0.25) is 5.91 Å². The SMILES string of the molecule is CC(=O)N(c1ccc(Oc2cccc(C(F)(F)F)c2)cc1)c1ccnc(C2CCC2)n1. The van der Waals surface area contributed by atoms with Crippen molar-refractivity contribution in [3.8, 4) is 11.5 Å². The summed E-state index contributed by atoms with van der Waals surface area (Å²) in [5.41, 5.74) is -0.211. The molecule has 31 heavy (non-hydrogen) atoms. The smallest absolute Gasteiger partial charge is 0.416 e. The van der Waals surface area contributed by atoms with Crippen LogP contribution in [0.2, 0.25) is 0 Å². The third kappa shape index (κ3) is 4.68. The molecule has 8 heteroatoms. The zero-order valence-electron chi connectivity index (χ0n) is 16.8. The second-order valence-corrected chi connectivity index (χ2v) is 7.38. The summed E-state index contributed by atoms with van der Waals surface area (Å²) in [7, 11) is 0. The van der Waals surface area contributed by atoms with Gasteiger partial charge in [-0.1, -0.05) is 12.5 Å². The predicted molar refractivity (Wildman–Crippen MR) is 109 cm³/mol. The Balaban J connectivity index is 1.55. The molecule has 1 aromatic heterocycles. The fraction of sp³-hybridized carbons (Fsp3) is 0.261. The van der Waals surface area contributed by atoms with Gasteiger partial charge in [0.15, 0.2) is 0 Å². The average Bonchev–Trinajstić information content (AvgIpc) is 2.68.